The average Bonchev–Trinajstić information content (AvgIpc) is 2.08. The summed E-state index contributed by atoms with van der Waals surface area (Å²) in [5.41, 5.74) is -1.54. The second-order valence-corrected chi connectivity index (χ2v) is 3.22. The largest absolute Gasteiger partial charge is 0.479 e. The van der Waals surface area contributed by atoms with Crippen molar-refractivity contribution in [1.82, 2.24) is 4.98 Å². The fourth-order valence-corrected chi connectivity index (χ4v) is 0.939. The number of aromatic nitrogens is 1. The van der Waals surface area contributed by atoms with Gasteiger partial charge in [-0.15, -0.1) is 0 Å². The number of carbonyl (C=O) groups is 1. The molecule has 0 saturated heterocycles. The third kappa shape index (κ3) is 2.50. The van der Waals surface area contributed by atoms with Gasteiger partial charge in [-0.3, -0.25) is 4.98 Å². The van der Waals surface area contributed by atoms with Crippen molar-refractivity contribution in [3.63, 3.8) is 0 Å². The van der Waals surface area contributed by atoms with Crippen LogP contribution >= 0.6 is 0 Å². The molecular formula is C9H10FNO3. The topological polar surface area (TPSA) is 70.4 Å². The third-order valence-corrected chi connectivity index (χ3v) is 1.77. The van der Waals surface area contributed by atoms with Gasteiger partial charge in [-0.25, -0.2) is 9.18 Å². The van der Waals surface area contributed by atoms with E-state index in [0.717, 1.165) is 6.20 Å². The quantitative estimate of drug-likeness (QED) is 0.747. The standard InChI is InChI=1S/C9H10FNO3/c1-9(14,8(12)13)4-7-3-2-6(10)5-11-7/h2-3,5,14H,4H2,1H3,(H,12,13). The van der Waals surface area contributed by atoms with E-state index in [9.17, 15) is 14.3 Å². The highest BCUT2D eigenvalue weighted by atomic mass is 19.1. The maximum absolute atomic E-state index is 12.4. The second-order valence-electron chi connectivity index (χ2n) is 3.22. The lowest BCUT2D eigenvalue weighted by Crippen LogP contribution is -2.37. The zero-order valence-corrected chi connectivity index (χ0v) is 7.57. The number of carboxylic acids is 1. The van der Waals surface area contributed by atoms with E-state index in [1.165, 1.54) is 19.1 Å². The molecule has 1 heterocycles. The smallest absolute Gasteiger partial charge is 0.335 e. The zero-order valence-electron chi connectivity index (χ0n) is 7.57. The van der Waals surface area contributed by atoms with Crippen LogP contribution in [-0.2, 0) is 11.2 Å². The van der Waals surface area contributed by atoms with E-state index < -0.39 is 17.4 Å². The van der Waals surface area contributed by atoms with Gasteiger partial charge < -0.3 is 10.2 Å². The Morgan fingerprint density at radius 1 is 1.64 bits per heavy atom. The first kappa shape index (κ1) is 10.6. The Kier molecular flexibility index (Phi) is 2.81. The number of halogens is 1. The van der Waals surface area contributed by atoms with Gasteiger partial charge in [0.25, 0.3) is 0 Å². The molecule has 1 unspecified atom stereocenters. The molecule has 1 aromatic heterocycles. The minimum absolute atomic E-state index is 0.150. The zero-order chi connectivity index (χ0) is 10.8. The molecule has 0 aliphatic rings. The summed E-state index contributed by atoms with van der Waals surface area (Å²) < 4.78 is 12.4. The second kappa shape index (κ2) is 3.71. The van der Waals surface area contributed by atoms with Crippen molar-refractivity contribution in [3.8, 4) is 0 Å². The number of carboxylic acid groups (broad SMARTS) is 1. The van der Waals surface area contributed by atoms with Crippen LogP contribution in [0.1, 0.15) is 12.6 Å². The average molecular weight is 199 g/mol. The Balaban J connectivity index is 2.79. The van der Waals surface area contributed by atoms with Crippen LogP contribution in [0.5, 0.6) is 0 Å². The number of pyridine rings is 1. The first-order chi connectivity index (χ1) is 6.42. The van der Waals surface area contributed by atoms with Gasteiger partial charge in [0.2, 0.25) is 0 Å². The predicted octanol–water partition coefficient (Wildman–Crippen LogP) is 0.599. The molecule has 0 amide bonds. The Bertz CT molecular complexity index is 334. The Labute approximate surface area is 80.0 Å². The summed E-state index contributed by atoms with van der Waals surface area (Å²) in [4.78, 5) is 14.2. The molecule has 1 rings (SSSR count). The molecule has 0 aliphatic carbocycles. The van der Waals surface area contributed by atoms with Crippen molar-refractivity contribution in [2.45, 2.75) is 18.9 Å². The van der Waals surface area contributed by atoms with Gasteiger partial charge in [-0.1, -0.05) is 0 Å². The van der Waals surface area contributed by atoms with Crippen LogP contribution in [0.15, 0.2) is 18.3 Å². The highest BCUT2D eigenvalue weighted by Gasteiger charge is 2.30. The number of hydrogen-bond acceptors (Lipinski definition) is 3. The normalized spacial score (nSPS) is 14.8. The highest BCUT2D eigenvalue weighted by molar-refractivity contribution is 5.76. The van der Waals surface area contributed by atoms with Crippen LogP contribution in [0.25, 0.3) is 0 Å². The Morgan fingerprint density at radius 3 is 2.71 bits per heavy atom. The molecule has 0 aliphatic heterocycles. The van der Waals surface area contributed by atoms with Crippen molar-refractivity contribution in [2.24, 2.45) is 0 Å². The van der Waals surface area contributed by atoms with Crippen molar-refractivity contribution in [1.29, 1.82) is 0 Å². The number of aliphatic hydroxyl groups is 1. The van der Waals surface area contributed by atoms with Crippen LogP contribution in [0.3, 0.4) is 0 Å². The molecule has 5 heteroatoms. The van der Waals surface area contributed by atoms with Crippen molar-refractivity contribution in [3.05, 3.63) is 29.8 Å². The summed E-state index contributed by atoms with van der Waals surface area (Å²) in [6.07, 6.45) is 0.829. The number of nitrogens with zero attached hydrogens (tertiary/aromatic N) is 1. The predicted molar refractivity (Wildman–Crippen MR) is 46.2 cm³/mol. The lowest BCUT2D eigenvalue weighted by atomic mass is 10.0. The molecule has 0 spiro atoms. The van der Waals surface area contributed by atoms with E-state index in [1.807, 2.05) is 0 Å². The van der Waals surface area contributed by atoms with Crippen LogP contribution in [0, 0.1) is 5.82 Å². The van der Waals surface area contributed by atoms with Crippen molar-refractivity contribution < 1.29 is 19.4 Å². The SMILES string of the molecule is CC(O)(Cc1ccc(F)cn1)C(=O)O. The van der Waals surface area contributed by atoms with Crippen LogP contribution in [0.4, 0.5) is 4.39 Å². The minimum atomic E-state index is -1.87. The third-order valence-electron chi connectivity index (χ3n) is 1.77. The maximum Gasteiger partial charge on any atom is 0.335 e. The summed E-state index contributed by atoms with van der Waals surface area (Å²) in [5.74, 6) is -1.83. The van der Waals surface area contributed by atoms with Gasteiger partial charge in [0.05, 0.1) is 6.20 Å². The molecule has 0 aromatic carbocycles. The number of rotatable bonds is 3. The molecule has 1 atom stereocenters. The maximum atomic E-state index is 12.4. The van der Waals surface area contributed by atoms with Gasteiger partial charge in [0.1, 0.15) is 5.82 Å². The lowest BCUT2D eigenvalue weighted by molar-refractivity contribution is -0.156. The van der Waals surface area contributed by atoms with E-state index in [0.29, 0.717) is 5.69 Å². The monoisotopic (exact) mass is 199 g/mol. The minimum Gasteiger partial charge on any atom is -0.479 e. The molecule has 14 heavy (non-hydrogen) atoms. The van der Waals surface area contributed by atoms with Crippen molar-refractivity contribution >= 4 is 5.97 Å². The van der Waals surface area contributed by atoms with Gasteiger partial charge >= 0.3 is 5.97 Å². The molecule has 4 nitrogen and oxygen atoms in total. The Hall–Kier alpha value is -1.49. The highest BCUT2D eigenvalue weighted by Crippen LogP contribution is 2.11. The van der Waals surface area contributed by atoms with Gasteiger partial charge in [0.15, 0.2) is 5.60 Å². The van der Waals surface area contributed by atoms with E-state index in [-0.39, 0.29) is 6.42 Å². The van der Waals surface area contributed by atoms with Gasteiger partial charge in [-0.2, -0.15) is 0 Å². The van der Waals surface area contributed by atoms with E-state index in [2.05, 4.69) is 4.98 Å². The van der Waals surface area contributed by atoms with Crippen LogP contribution in [0.2, 0.25) is 0 Å². The van der Waals surface area contributed by atoms with E-state index in [1.54, 1.807) is 0 Å². The van der Waals surface area contributed by atoms with Gasteiger partial charge in [0, 0.05) is 12.1 Å². The molecule has 2 N–H and O–H groups in total. The first-order valence-corrected chi connectivity index (χ1v) is 3.98. The summed E-state index contributed by atoms with van der Waals surface area (Å²) in [7, 11) is 0. The molecule has 0 saturated carbocycles. The van der Waals surface area contributed by atoms with Crippen LogP contribution < -0.4 is 0 Å². The van der Waals surface area contributed by atoms with Crippen LogP contribution in [-0.4, -0.2) is 26.8 Å². The fraction of sp³-hybridized carbons (Fsp3) is 0.333. The summed E-state index contributed by atoms with van der Waals surface area (Å²) >= 11 is 0. The fourth-order valence-electron chi connectivity index (χ4n) is 0.939. The first-order valence-electron chi connectivity index (χ1n) is 3.98. The number of hydrogen-bond donors (Lipinski definition) is 2. The lowest BCUT2D eigenvalue weighted by Gasteiger charge is -2.16. The molecular weight excluding hydrogens is 189 g/mol. The molecule has 0 radical (unpaired) electrons. The number of aliphatic carboxylic acids is 1. The molecule has 1 aromatic rings. The Morgan fingerprint density at radius 2 is 2.29 bits per heavy atom. The summed E-state index contributed by atoms with van der Waals surface area (Å²) in [6, 6.07) is 2.51. The molecule has 0 fully saturated rings. The summed E-state index contributed by atoms with van der Waals surface area (Å²) in [6.45, 7) is 1.17. The molecule has 76 valence electrons. The van der Waals surface area contributed by atoms with E-state index >= 15 is 0 Å². The molecule has 0 bridgehead atoms. The van der Waals surface area contributed by atoms with Crippen molar-refractivity contribution in [2.75, 3.05) is 0 Å². The van der Waals surface area contributed by atoms with E-state index in [4.69, 9.17) is 5.11 Å². The summed E-state index contributed by atoms with van der Waals surface area (Å²) in [5, 5.41) is 18.0. The van der Waals surface area contributed by atoms with Gasteiger partial charge in [-0.05, 0) is 19.1 Å².